The van der Waals surface area contributed by atoms with E-state index in [2.05, 4.69) is 0 Å². The lowest BCUT2D eigenvalue weighted by Gasteiger charge is -2.18. The number of ether oxygens (including phenoxy) is 1. The van der Waals surface area contributed by atoms with Crippen molar-refractivity contribution < 1.29 is 18.3 Å². The fraction of sp³-hybridized carbons (Fsp3) is 0.188. The minimum Gasteiger partial charge on any atom is -0.492 e. The summed E-state index contributed by atoms with van der Waals surface area (Å²) in [6.07, 6.45) is 0. The molecular formula is C16H15F2NO2. The van der Waals surface area contributed by atoms with Crippen LogP contribution in [0.2, 0.25) is 0 Å². The van der Waals surface area contributed by atoms with Crippen LogP contribution < -0.4 is 4.74 Å². The maximum Gasteiger partial charge on any atom is 0.256 e. The smallest absolute Gasteiger partial charge is 0.256 e. The first kappa shape index (κ1) is 15.0. The molecule has 110 valence electrons. The molecule has 0 saturated heterocycles. The van der Waals surface area contributed by atoms with Gasteiger partial charge >= 0.3 is 0 Å². The normalized spacial score (nSPS) is 10.2. The van der Waals surface area contributed by atoms with Crippen LogP contribution in [0.25, 0.3) is 0 Å². The molecule has 0 bridgehead atoms. The van der Waals surface area contributed by atoms with Gasteiger partial charge in [0.1, 0.15) is 24.0 Å². The number of carbonyl (C=O) groups excluding carboxylic acids is 1. The molecule has 21 heavy (non-hydrogen) atoms. The summed E-state index contributed by atoms with van der Waals surface area (Å²) in [5.41, 5.74) is -0.154. The number of hydrogen-bond donors (Lipinski definition) is 0. The van der Waals surface area contributed by atoms with Gasteiger partial charge in [-0.05, 0) is 24.3 Å². The predicted octanol–water partition coefficient (Wildman–Crippen LogP) is 3.12. The van der Waals surface area contributed by atoms with Crippen molar-refractivity contribution >= 4 is 5.91 Å². The van der Waals surface area contributed by atoms with Gasteiger partial charge in [0.15, 0.2) is 0 Å². The van der Waals surface area contributed by atoms with Crippen LogP contribution in [-0.2, 0) is 0 Å². The predicted molar refractivity (Wildman–Crippen MR) is 75.3 cm³/mol. The fourth-order valence-corrected chi connectivity index (χ4v) is 1.79. The first-order valence-corrected chi connectivity index (χ1v) is 6.46. The molecule has 0 aliphatic heterocycles. The van der Waals surface area contributed by atoms with Crippen molar-refractivity contribution in [3.63, 3.8) is 0 Å². The first-order chi connectivity index (χ1) is 10.1. The summed E-state index contributed by atoms with van der Waals surface area (Å²) >= 11 is 0. The molecule has 0 aliphatic carbocycles. The molecule has 2 aromatic rings. The Morgan fingerprint density at radius 3 is 2.52 bits per heavy atom. The standard InChI is InChI=1S/C16H15F2NO2/c1-19(9-10-21-13-5-3-2-4-6-13)16(20)14-8-7-12(17)11-15(14)18/h2-8,11H,9-10H2,1H3. The molecule has 3 nitrogen and oxygen atoms in total. The summed E-state index contributed by atoms with van der Waals surface area (Å²) in [4.78, 5) is 13.4. The monoisotopic (exact) mass is 291 g/mol. The zero-order valence-electron chi connectivity index (χ0n) is 11.6. The molecule has 0 aromatic heterocycles. The third-order valence-electron chi connectivity index (χ3n) is 2.95. The van der Waals surface area contributed by atoms with E-state index in [1.54, 1.807) is 7.05 Å². The molecule has 0 spiro atoms. The average molecular weight is 291 g/mol. The molecule has 0 radical (unpaired) electrons. The van der Waals surface area contributed by atoms with Gasteiger partial charge in [-0.1, -0.05) is 18.2 Å². The van der Waals surface area contributed by atoms with Gasteiger partial charge in [0, 0.05) is 13.1 Å². The molecule has 0 heterocycles. The summed E-state index contributed by atoms with van der Waals surface area (Å²) < 4.78 is 31.8. The van der Waals surface area contributed by atoms with Crippen molar-refractivity contribution in [3.8, 4) is 5.75 Å². The molecule has 0 unspecified atom stereocenters. The van der Waals surface area contributed by atoms with Crippen molar-refractivity contribution in [2.45, 2.75) is 0 Å². The Balaban J connectivity index is 1.90. The Bertz CT molecular complexity index is 617. The molecule has 0 aliphatic rings. The molecule has 5 heteroatoms. The van der Waals surface area contributed by atoms with Crippen molar-refractivity contribution in [2.75, 3.05) is 20.2 Å². The van der Waals surface area contributed by atoms with Crippen LogP contribution in [-0.4, -0.2) is 31.0 Å². The lowest BCUT2D eigenvalue weighted by Crippen LogP contribution is -2.31. The van der Waals surface area contributed by atoms with Crippen LogP contribution in [0.4, 0.5) is 8.78 Å². The van der Waals surface area contributed by atoms with Crippen LogP contribution >= 0.6 is 0 Å². The van der Waals surface area contributed by atoms with E-state index < -0.39 is 17.5 Å². The third-order valence-corrected chi connectivity index (χ3v) is 2.95. The summed E-state index contributed by atoms with van der Waals surface area (Å²) in [5, 5.41) is 0. The molecule has 1 amide bonds. The summed E-state index contributed by atoms with van der Waals surface area (Å²) in [6, 6.07) is 12.1. The molecule has 0 fully saturated rings. The minimum absolute atomic E-state index is 0.154. The van der Waals surface area contributed by atoms with Crippen molar-refractivity contribution in [3.05, 3.63) is 65.7 Å². The second-order valence-corrected chi connectivity index (χ2v) is 4.51. The van der Waals surface area contributed by atoms with E-state index in [0.717, 1.165) is 12.1 Å². The van der Waals surface area contributed by atoms with Crippen molar-refractivity contribution in [2.24, 2.45) is 0 Å². The van der Waals surface area contributed by atoms with Gasteiger partial charge in [-0.15, -0.1) is 0 Å². The van der Waals surface area contributed by atoms with Gasteiger partial charge < -0.3 is 9.64 Å². The minimum atomic E-state index is -0.865. The Morgan fingerprint density at radius 2 is 1.86 bits per heavy atom. The van der Waals surface area contributed by atoms with E-state index in [4.69, 9.17) is 4.74 Å². The lowest BCUT2D eigenvalue weighted by molar-refractivity contribution is 0.0769. The van der Waals surface area contributed by atoms with E-state index in [1.165, 1.54) is 4.90 Å². The first-order valence-electron chi connectivity index (χ1n) is 6.46. The van der Waals surface area contributed by atoms with Gasteiger partial charge in [0.25, 0.3) is 5.91 Å². The Labute approximate surface area is 121 Å². The van der Waals surface area contributed by atoms with E-state index in [9.17, 15) is 13.6 Å². The quantitative estimate of drug-likeness (QED) is 0.847. The van der Waals surface area contributed by atoms with E-state index in [1.807, 2.05) is 30.3 Å². The third kappa shape index (κ3) is 4.02. The second kappa shape index (κ2) is 6.83. The Kier molecular flexibility index (Phi) is 4.87. The fourth-order valence-electron chi connectivity index (χ4n) is 1.79. The van der Waals surface area contributed by atoms with Gasteiger partial charge in [-0.2, -0.15) is 0 Å². The van der Waals surface area contributed by atoms with E-state index in [-0.39, 0.29) is 12.2 Å². The highest BCUT2D eigenvalue weighted by molar-refractivity contribution is 5.94. The second-order valence-electron chi connectivity index (χ2n) is 4.51. The van der Waals surface area contributed by atoms with Crippen LogP contribution in [0.1, 0.15) is 10.4 Å². The summed E-state index contributed by atoms with van der Waals surface area (Å²) in [6.45, 7) is 0.583. The summed E-state index contributed by atoms with van der Waals surface area (Å²) in [5.74, 6) is -1.38. The van der Waals surface area contributed by atoms with Crippen LogP contribution in [0.15, 0.2) is 48.5 Å². The maximum absolute atomic E-state index is 13.5. The van der Waals surface area contributed by atoms with Gasteiger partial charge in [-0.3, -0.25) is 4.79 Å². The van der Waals surface area contributed by atoms with E-state index in [0.29, 0.717) is 18.4 Å². The molecule has 0 saturated carbocycles. The Hall–Kier alpha value is -2.43. The zero-order chi connectivity index (χ0) is 15.2. The van der Waals surface area contributed by atoms with Gasteiger partial charge in [0.05, 0.1) is 12.1 Å². The topological polar surface area (TPSA) is 29.5 Å². The molecule has 2 aromatic carbocycles. The number of halogens is 2. The zero-order valence-corrected chi connectivity index (χ0v) is 11.6. The molecule has 0 N–H and O–H groups in total. The molecule has 0 atom stereocenters. The van der Waals surface area contributed by atoms with Gasteiger partial charge in [0.2, 0.25) is 0 Å². The van der Waals surface area contributed by atoms with Gasteiger partial charge in [-0.25, -0.2) is 8.78 Å². The number of carbonyl (C=O) groups is 1. The lowest BCUT2D eigenvalue weighted by atomic mass is 10.2. The number of hydrogen-bond acceptors (Lipinski definition) is 2. The number of amides is 1. The largest absolute Gasteiger partial charge is 0.492 e. The molecule has 2 rings (SSSR count). The van der Waals surface area contributed by atoms with E-state index >= 15 is 0 Å². The average Bonchev–Trinajstić information content (AvgIpc) is 2.47. The number of rotatable bonds is 5. The van der Waals surface area contributed by atoms with Crippen molar-refractivity contribution in [1.29, 1.82) is 0 Å². The van der Waals surface area contributed by atoms with Crippen LogP contribution in [0.3, 0.4) is 0 Å². The maximum atomic E-state index is 13.5. The SMILES string of the molecule is CN(CCOc1ccccc1)C(=O)c1ccc(F)cc1F. The number of benzene rings is 2. The highest BCUT2D eigenvalue weighted by Gasteiger charge is 2.16. The number of nitrogens with zero attached hydrogens (tertiary/aromatic N) is 1. The number of likely N-dealkylation sites (N-methyl/N-ethyl adjacent to an activating group) is 1. The Morgan fingerprint density at radius 1 is 1.14 bits per heavy atom. The highest BCUT2D eigenvalue weighted by atomic mass is 19.1. The number of para-hydroxylation sites is 1. The summed E-state index contributed by atoms with van der Waals surface area (Å²) in [7, 11) is 1.54. The molecular weight excluding hydrogens is 276 g/mol. The van der Waals surface area contributed by atoms with Crippen LogP contribution in [0.5, 0.6) is 5.75 Å². The highest BCUT2D eigenvalue weighted by Crippen LogP contribution is 2.12. The van der Waals surface area contributed by atoms with Crippen molar-refractivity contribution in [1.82, 2.24) is 4.90 Å². The van der Waals surface area contributed by atoms with Crippen LogP contribution in [0, 0.1) is 11.6 Å².